The second-order valence-electron chi connectivity index (χ2n) is 6.49. The fourth-order valence-electron chi connectivity index (χ4n) is 3.08. The van der Waals surface area contributed by atoms with Crippen LogP contribution in [0.15, 0.2) is 22.5 Å². The van der Waals surface area contributed by atoms with Crippen molar-refractivity contribution in [3.05, 3.63) is 34.0 Å². The van der Waals surface area contributed by atoms with E-state index in [0.29, 0.717) is 12.5 Å². The molecule has 1 atom stereocenters. The third kappa shape index (κ3) is 5.67. The average Bonchev–Trinajstić information content (AvgIpc) is 3.23. The molecule has 2 aromatic rings. The molecular formula is C18H29IN6S. The number of nitrogens with one attached hydrogen (secondary N) is 2. The Labute approximate surface area is 176 Å². The van der Waals surface area contributed by atoms with Gasteiger partial charge < -0.3 is 15.2 Å². The summed E-state index contributed by atoms with van der Waals surface area (Å²) in [6.45, 7) is 7.62. The first-order valence-electron chi connectivity index (χ1n) is 9.24. The first-order chi connectivity index (χ1) is 12.3. The number of hydrogen-bond acceptors (Lipinski definition) is 4. The maximum atomic E-state index is 4.72. The van der Waals surface area contributed by atoms with Crippen LogP contribution in [0.2, 0.25) is 0 Å². The summed E-state index contributed by atoms with van der Waals surface area (Å²) >= 11 is 1.80. The lowest BCUT2D eigenvalue weighted by atomic mass is 10.1. The largest absolute Gasteiger partial charge is 0.357 e. The van der Waals surface area contributed by atoms with E-state index in [1.807, 2.05) is 0 Å². The Kier molecular flexibility index (Phi) is 8.83. The minimum Gasteiger partial charge on any atom is -0.357 e. The number of hydrogen-bond donors (Lipinski definition) is 2. The van der Waals surface area contributed by atoms with E-state index in [1.54, 1.807) is 11.3 Å². The highest BCUT2D eigenvalue weighted by molar-refractivity contribution is 14.0. The van der Waals surface area contributed by atoms with E-state index in [9.17, 15) is 0 Å². The van der Waals surface area contributed by atoms with E-state index in [-0.39, 0.29) is 24.0 Å². The van der Waals surface area contributed by atoms with Gasteiger partial charge in [-0.05, 0) is 31.2 Å². The lowest BCUT2D eigenvalue weighted by Gasteiger charge is -2.15. The maximum Gasteiger partial charge on any atom is 0.191 e. The van der Waals surface area contributed by atoms with Crippen LogP contribution >= 0.6 is 35.3 Å². The normalized spacial score (nSPS) is 15.5. The van der Waals surface area contributed by atoms with Gasteiger partial charge >= 0.3 is 0 Å². The molecule has 0 radical (unpaired) electrons. The van der Waals surface area contributed by atoms with Crippen molar-refractivity contribution in [2.75, 3.05) is 13.1 Å². The van der Waals surface area contributed by atoms with Gasteiger partial charge in [0.1, 0.15) is 12.4 Å². The molecule has 0 amide bonds. The summed E-state index contributed by atoms with van der Waals surface area (Å²) < 4.78 is 2.26. The number of guanidine groups is 1. The molecule has 8 heteroatoms. The first kappa shape index (κ1) is 21.1. The van der Waals surface area contributed by atoms with Crippen LogP contribution < -0.4 is 10.6 Å². The van der Waals surface area contributed by atoms with Crippen LogP contribution in [0.4, 0.5) is 0 Å². The van der Waals surface area contributed by atoms with Gasteiger partial charge in [-0.2, -0.15) is 0 Å². The molecule has 26 heavy (non-hydrogen) atoms. The topological polar surface area (TPSA) is 67.1 Å². The molecule has 1 aliphatic rings. The molecule has 2 N–H and O–H groups in total. The van der Waals surface area contributed by atoms with Gasteiger partial charge in [0.15, 0.2) is 11.8 Å². The second-order valence-corrected chi connectivity index (χ2v) is 7.47. The van der Waals surface area contributed by atoms with Gasteiger partial charge in [0.2, 0.25) is 0 Å². The van der Waals surface area contributed by atoms with Crippen LogP contribution in [0, 0.1) is 0 Å². The quantitative estimate of drug-likeness (QED) is 0.371. The maximum absolute atomic E-state index is 4.72. The number of aliphatic imine (C=N–C) groups is 1. The molecule has 0 bridgehead atoms. The number of rotatable bonds is 6. The minimum absolute atomic E-state index is 0. The van der Waals surface area contributed by atoms with Crippen LogP contribution in [-0.4, -0.2) is 33.8 Å². The summed E-state index contributed by atoms with van der Waals surface area (Å²) in [6.07, 6.45) is 4.73. The van der Waals surface area contributed by atoms with Crippen LogP contribution in [0.25, 0.3) is 0 Å². The molecule has 0 spiro atoms. The monoisotopic (exact) mass is 488 g/mol. The number of halogens is 1. The number of aromatic nitrogens is 3. The van der Waals surface area contributed by atoms with Crippen molar-refractivity contribution in [1.29, 1.82) is 0 Å². The summed E-state index contributed by atoms with van der Waals surface area (Å²) in [5.41, 5.74) is 0. The smallest absolute Gasteiger partial charge is 0.191 e. The van der Waals surface area contributed by atoms with Crippen molar-refractivity contribution in [2.45, 2.75) is 58.5 Å². The molecule has 0 saturated heterocycles. The van der Waals surface area contributed by atoms with Crippen molar-refractivity contribution in [3.63, 3.8) is 0 Å². The molecule has 144 valence electrons. The van der Waals surface area contributed by atoms with Crippen molar-refractivity contribution >= 4 is 41.3 Å². The van der Waals surface area contributed by atoms with Gasteiger partial charge in [-0.15, -0.1) is 45.5 Å². The molecule has 1 aliphatic heterocycles. The zero-order valence-corrected chi connectivity index (χ0v) is 18.7. The van der Waals surface area contributed by atoms with Crippen molar-refractivity contribution in [2.24, 2.45) is 4.99 Å². The Balaban J connectivity index is 0.00000243. The minimum atomic E-state index is 0. The lowest BCUT2D eigenvalue weighted by Crippen LogP contribution is -2.39. The lowest BCUT2D eigenvalue weighted by molar-refractivity contribution is 0.605. The zero-order valence-electron chi connectivity index (χ0n) is 15.6. The Morgan fingerprint density at radius 1 is 1.31 bits per heavy atom. The van der Waals surface area contributed by atoms with Gasteiger partial charge in [-0.1, -0.05) is 19.4 Å². The van der Waals surface area contributed by atoms with Gasteiger partial charge in [0.25, 0.3) is 0 Å². The molecule has 3 heterocycles. The molecule has 3 rings (SSSR count). The van der Waals surface area contributed by atoms with Gasteiger partial charge in [-0.3, -0.25) is 0 Å². The molecule has 0 fully saturated rings. The Bertz CT molecular complexity index is 682. The standard InChI is InChI=1S/C18H28N6S.HI/c1-3-19-18(20-12-14(2)15-8-7-11-25-15)21-13-17-23-22-16-9-5-4-6-10-24(16)17;/h7-8,11,14H,3-6,9-10,12-13H2,1-2H3,(H2,19,20,21);1H. The fourth-order valence-corrected chi connectivity index (χ4v) is 3.86. The summed E-state index contributed by atoms with van der Waals surface area (Å²) in [7, 11) is 0. The molecule has 2 aromatic heterocycles. The molecule has 0 aliphatic carbocycles. The Morgan fingerprint density at radius 3 is 2.96 bits per heavy atom. The van der Waals surface area contributed by atoms with Crippen LogP contribution in [0.3, 0.4) is 0 Å². The van der Waals surface area contributed by atoms with E-state index in [1.165, 1.54) is 24.1 Å². The van der Waals surface area contributed by atoms with Gasteiger partial charge in [0.05, 0.1) is 0 Å². The van der Waals surface area contributed by atoms with E-state index < -0.39 is 0 Å². The third-order valence-electron chi connectivity index (χ3n) is 4.51. The van der Waals surface area contributed by atoms with E-state index in [2.05, 4.69) is 56.8 Å². The number of aryl methyl sites for hydroxylation is 1. The van der Waals surface area contributed by atoms with Gasteiger partial charge in [0, 0.05) is 36.9 Å². The van der Waals surface area contributed by atoms with Crippen molar-refractivity contribution in [3.8, 4) is 0 Å². The molecule has 1 unspecified atom stereocenters. The summed E-state index contributed by atoms with van der Waals surface area (Å²) in [6, 6.07) is 4.29. The van der Waals surface area contributed by atoms with Crippen LogP contribution in [0.5, 0.6) is 0 Å². The summed E-state index contributed by atoms with van der Waals surface area (Å²) in [5, 5.41) is 17.6. The van der Waals surface area contributed by atoms with Crippen molar-refractivity contribution < 1.29 is 0 Å². The third-order valence-corrected chi connectivity index (χ3v) is 5.62. The zero-order chi connectivity index (χ0) is 17.5. The predicted octanol–water partition coefficient (Wildman–Crippen LogP) is 3.54. The molecular weight excluding hydrogens is 459 g/mol. The van der Waals surface area contributed by atoms with Crippen molar-refractivity contribution in [1.82, 2.24) is 25.4 Å². The Morgan fingerprint density at radius 2 is 2.19 bits per heavy atom. The fraction of sp³-hybridized carbons (Fsp3) is 0.611. The second kappa shape index (κ2) is 10.9. The number of nitrogens with zero attached hydrogens (tertiary/aromatic N) is 4. The van der Waals surface area contributed by atoms with E-state index in [4.69, 9.17) is 4.99 Å². The van der Waals surface area contributed by atoms with Gasteiger partial charge in [-0.25, -0.2) is 4.99 Å². The SMILES string of the molecule is CCNC(=NCc1nnc2n1CCCCC2)NCC(C)c1cccs1.I. The van der Waals surface area contributed by atoms with E-state index in [0.717, 1.165) is 43.7 Å². The highest BCUT2D eigenvalue weighted by Crippen LogP contribution is 2.19. The summed E-state index contributed by atoms with van der Waals surface area (Å²) in [4.78, 5) is 6.12. The summed E-state index contributed by atoms with van der Waals surface area (Å²) in [5.74, 6) is 3.40. The Hall–Kier alpha value is -1.16. The number of fused-ring (bicyclic) bond motifs is 1. The molecule has 6 nitrogen and oxygen atoms in total. The highest BCUT2D eigenvalue weighted by Gasteiger charge is 2.14. The highest BCUT2D eigenvalue weighted by atomic mass is 127. The molecule has 0 saturated carbocycles. The van der Waals surface area contributed by atoms with Crippen LogP contribution in [0.1, 0.15) is 55.6 Å². The molecule has 0 aromatic carbocycles. The first-order valence-corrected chi connectivity index (χ1v) is 10.1. The van der Waals surface area contributed by atoms with Crippen LogP contribution in [-0.2, 0) is 19.5 Å². The predicted molar refractivity (Wildman–Crippen MR) is 119 cm³/mol. The average molecular weight is 488 g/mol. The van der Waals surface area contributed by atoms with E-state index >= 15 is 0 Å². The number of thiophene rings is 1.